The van der Waals surface area contributed by atoms with Crippen LogP contribution in [0.1, 0.15) is 11.7 Å². The van der Waals surface area contributed by atoms with Crippen LogP contribution in [0.4, 0.5) is 0 Å². The molecule has 0 saturated carbocycles. The molecule has 1 N–H and O–H groups in total. The first-order valence-corrected chi connectivity index (χ1v) is 8.52. The average Bonchev–Trinajstić information content (AvgIpc) is 2.86. The third kappa shape index (κ3) is 3.44. The van der Waals surface area contributed by atoms with Crippen molar-refractivity contribution in [2.24, 2.45) is 4.99 Å². The lowest BCUT2D eigenvalue weighted by atomic mass is 10.0. The van der Waals surface area contributed by atoms with Gasteiger partial charge in [0.2, 0.25) is 5.90 Å². The Balaban J connectivity index is 2.17. The van der Waals surface area contributed by atoms with Crippen LogP contribution in [0.15, 0.2) is 34.2 Å². The van der Waals surface area contributed by atoms with Crippen LogP contribution in [0.25, 0.3) is 0 Å². The van der Waals surface area contributed by atoms with Crippen LogP contribution in [-0.2, 0) is 14.6 Å². The third-order valence-electron chi connectivity index (χ3n) is 2.90. The van der Waals surface area contributed by atoms with Crippen molar-refractivity contribution >= 4 is 38.9 Å². The van der Waals surface area contributed by atoms with Crippen molar-refractivity contribution < 1.29 is 18.3 Å². The van der Waals surface area contributed by atoms with Gasteiger partial charge in [-0.05, 0) is 17.7 Å². The molecule has 0 fully saturated rings. The molecule has 0 radical (unpaired) electrons. The molecule has 0 saturated heterocycles. The van der Waals surface area contributed by atoms with Gasteiger partial charge in [-0.2, -0.15) is 0 Å². The molecular formula is C12H13Cl2NO4S. The highest BCUT2D eigenvalue weighted by Crippen LogP contribution is 2.25. The lowest BCUT2D eigenvalue weighted by Crippen LogP contribution is -2.17. The van der Waals surface area contributed by atoms with E-state index in [0.717, 1.165) is 6.26 Å². The Labute approximate surface area is 127 Å². The van der Waals surface area contributed by atoms with Crippen molar-refractivity contribution in [3.63, 3.8) is 0 Å². The second-order valence-corrected chi connectivity index (χ2v) is 7.54. The van der Waals surface area contributed by atoms with E-state index in [2.05, 4.69) is 4.99 Å². The van der Waals surface area contributed by atoms with Gasteiger partial charge in [0.1, 0.15) is 18.8 Å². The fraction of sp³-hybridized carbons (Fsp3) is 0.417. The molecule has 5 nitrogen and oxygen atoms in total. The zero-order valence-corrected chi connectivity index (χ0v) is 12.9. The van der Waals surface area contributed by atoms with E-state index in [1.54, 1.807) is 12.1 Å². The highest BCUT2D eigenvalue weighted by Gasteiger charge is 2.29. The zero-order chi connectivity index (χ0) is 14.9. The van der Waals surface area contributed by atoms with Gasteiger partial charge in [-0.15, -0.1) is 0 Å². The summed E-state index contributed by atoms with van der Waals surface area (Å²) in [6.07, 6.45) is 0.217. The van der Waals surface area contributed by atoms with E-state index in [-0.39, 0.29) is 17.4 Å². The minimum absolute atomic E-state index is 0.181. The molecule has 2 rings (SSSR count). The lowest BCUT2D eigenvalue weighted by molar-refractivity contribution is 0.129. The number of hydrogen-bond donors (Lipinski definition) is 1. The minimum Gasteiger partial charge on any atom is -0.477 e. The molecule has 1 aromatic carbocycles. The molecule has 0 spiro atoms. The third-order valence-corrected chi connectivity index (χ3v) is 4.40. The van der Waals surface area contributed by atoms with Crippen molar-refractivity contribution in [1.82, 2.24) is 0 Å². The number of aliphatic hydroxyl groups is 1. The first-order valence-electron chi connectivity index (χ1n) is 5.76. The second kappa shape index (κ2) is 5.89. The molecule has 0 bridgehead atoms. The van der Waals surface area contributed by atoms with Crippen LogP contribution in [0, 0.1) is 0 Å². The number of rotatable bonds is 4. The van der Waals surface area contributed by atoms with Gasteiger partial charge >= 0.3 is 0 Å². The summed E-state index contributed by atoms with van der Waals surface area (Å²) in [4.78, 5) is 3.43. The zero-order valence-electron chi connectivity index (χ0n) is 10.5. The van der Waals surface area contributed by atoms with E-state index in [1.165, 1.54) is 12.1 Å². The first-order chi connectivity index (χ1) is 9.29. The lowest BCUT2D eigenvalue weighted by Gasteiger charge is -2.14. The van der Waals surface area contributed by atoms with Gasteiger partial charge in [-0.1, -0.05) is 35.3 Å². The van der Waals surface area contributed by atoms with Gasteiger partial charge in [-0.3, -0.25) is 0 Å². The molecule has 2 atom stereocenters. The summed E-state index contributed by atoms with van der Waals surface area (Å²) in [6.45, 7) is 0.181. The molecule has 1 heterocycles. The van der Waals surface area contributed by atoms with Crippen LogP contribution in [0.3, 0.4) is 0 Å². The summed E-state index contributed by atoms with van der Waals surface area (Å²) >= 11 is 11.3. The fourth-order valence-electron chi connectivity index (χ4n) is 1.82. The Morgan fingerprint density at radius 2 is 1.95 bits per heavy atom. The SMILES string of the molecule is CS(=O)(=O)c1ccc([C@@H](O)C2COC(C(Cl)Cl)=N2)cc1. The quantitative estimate of drug-likeness (QED) is 0.849. The van der Waals surface area contributed by atoms with Crippen molar-refractivity contribution in [2.75, 3.05) is 12.9 Å². The largest absolute Gasteiger partial charge is 0.477 e. The molecule has 0 amide bonds. The van der Waals surface area contributed by atoms with E-state index in [0.29, 0.717) is 5.56 Å². The molecule has 0 aliphatic carbocycles. The number of alkyl halides is 2. The summed E-state index contributed by atoms with van der Waals surface area (Å²) in [5.41, 5.74) is 0.552. The van der Waals surface area contributed by atoms with Crippen molar-refractivity contribution in [2.45, 2.75) is 21.9 Å². The minimum atomic E-state index is -3.25. The van der Waals surface area contributed by atoms with Gasteiger partial charge in [0, 0.05) is 6.26 Å². The Morgan fingerprint density at radius 3 is 2.40 bits per heavy atom. The standard InChI is InChI=1S/C12H13Cl2NO4S/c1-20(17,18)8-4-2-7(3-5-8)10(16)9-6-19-12(15-9)11(13)14/h2-5,9-11,16H,6H2,1H3/t9?,10-/m1/s1. The molecule has 1 aliphatic heterocycles. The Kier molecular flexibility index (Phi) is 4.59. The topological polar surface area (TPSA) is 76.0 Å². The summed E-state index contributed by atoms with van der Waals surface area (Å²) in [5.74, 6) is 0.185. The van der Waals surface area contributed by atoms with Crippen molar-refractivity contribution in [3.8, 4) is 0 Å². The number of halogens is 2. The predicted molar refractivity (Wildman–Crippen MR) is 77.2 cm³/mol. The number of hydrogen-bond acceptors (Lipinski definition) is 5. The van der Waals surface area contributed by atoms with E-state index in [9.17, 15) is 13.5 Å². The number of benzene rings is 1. The van der Waals surface area contributed by atoms with Gasteiger partial charge in [0.25, 0.3) is 0 Å². The number of aliphatic hydroxyl groups excluding tert-OH is 1. The van der Waals surface area contributed by atoms with Crippen LogP contribution < -0.4 is 0 Å². The summed E-state index contributed by atoms with van der Waals surface area (Å²) < 4.78 is 27.9. The van der Waals surface area contributed by atoms with E-state index < -0.39 is 26.8 Å². The number of nitrogens with zero attached hydrogens (tertiary/aromatic N) is 1. The summed E-state index contributed by atoms with van der Waals surface area (Å²) in [6, 6.07) is 5.48. The molecular weight excluding hydrogens is 325 g/mol. The number of aliphatic imine (C=N–C) groups is 1. The van der Waals surface area contributed by atoms with Crippen LogP contribution in [0.5, 0.6) is 0 Å². The second-order valence-electron chi connectivity index (χ2n) is 4.43. The Bertz CT molecular complexity index is 613. The maximum Gasteiger partial charge on any atom is 0.218 e. The van der Waals surface area contributed by atoms with Gasteiger partial charge in [0.15, 0.2) is 14.7 Å². The molecule has 0 aromatic heterocycles. The number of sulfone groups is 1. The van der Waals surface area contributed by atoms with Crippen LogP contribution in [0.2, 0.25) is 0 Å². The Morgan fingerprint density at radius 1 is 1.35 bits per heavy atom. The van der Waals surface area contributed by atoms with E-state index >= 15 is 0 Å². The van der Waals surface area contributed by atoms with Crippen LogP contribution >= 0.6 is 23.2 Å². The van der Waals surface area contributed by atoms with E-state index in [1.807, 2.05) is 0 Å². The predicted octanol–water partition coefficient (Wildman–Crippen LogP) is 1.72. The normalized spacial score (nSPS) is 20.6. The molecule has 8 heteroatoms. The summed E-state index contributed by atoms with van der Waals surface area (Å²) in [5, 5.41) is 10.2. The van der Waals surface area contributed by atoms with Gasteiger partial charge < -0.3 is 9.84 Å². The maximum absolute atomic E-state index is 11.4. The fourth-order valence-corrected chi connectivity index (χ4v) is 2.69. The van der Waals surface area contributed by atoms with Crippen LogP contribution in [-0.4, -0.2) is 43.2 Å². The van der Waals surface area contributed by atoms with Gasteiger partial charge in [0.05, 0.1) is 4.90 Å². The van der Waals surface area contributed by atoms with Crippen molar-refractivity contribution in [3.05, 3.63) is 29.8 Å². The molecule has 1 unspecified atom stereocenters. The molecule has 20 heavy (non-hydrogen) atoms. The smallest absolute Gasteiger partial charge is 0.218 e. The van der Waals surface area contributed by atoms with Crippen molar-refractivity contribution in [1.29, 1.82) is 0 Å². The highest BCUT2D eigenvalue weighted by atomic mass is 35.5. The Hall–Kier alpha value is -0.820. The maximum atomic E-state index is 11.4. The molecule has 110 valence electrons. The summed E-state index contributed by atoms with van der Waals surface area (Å²) in [7, 11) is -3.25. The monoisotopic (exact) mass is 337 g/mol. The number of ether oxygens (including phenoxy) is 1. The first kappa shape index (κ1) is 15.6. The molecule has 1 aliphatic rings. The highest BCUT2D eigenvalue weighted by molar-refractivity contribution is 7.90. The van der Waals surface area contributed by atoms with Gasteiger partial charge in [-0.25, -0.2) is 13.4 Å². The molecule has 1 aromatic rings. The average molecular weight is 338 g/mol. The van der Waals surface area contributed by atoms with E-state index in [4.69, 9.17) is 27.9 Å².